The third-order valence-corrected chi connectivity index (χ3v) is 4.89. The second-order valence-electron chi connectivity index (χ2n) is 6.56. The van der Waals surface area contributed by atoms with E-state index >= 15 is 0 Å². The number of anilines is 1. The van der Waals surface area contributed by atoms with Crippen LogP contribution in [0.2, 0.25) is 0 Å². The van der Waals surface area contributed by atoms with Crippen LogP contribution in [0.3, 0.4) is 0 Å². The zero-order valence-electron chi connectivity index (χ0n) is 13.4. The molecule has 1 aromatic carbocycles. The van der Waals surface area contributed by atoms with Crippen LogP contribution >= 0.6 is 15.9 Å². The number of hydrogen-bond acceptors (Lipinski definition) is 3. The second kappa shape index (κ2) is 6.40. The lowest BCUT2D eigenvalue weighted by atomic mass is 9.92. The van der Waals surface area contributed by atoms with Crippen LogP contribution in [-0.4, -0.2) is 23.9 Å². The minimum atomic E-state index is -0.0267. The Balaban J connectivity index is 1.82. The SMILES string of the molecule is C[C@@H]1C[C@@H](C)CN(C(=O)c2ccc(-c3ccc(N)cc3Br)o2)C1. The molecule has 0 unspecified atom stereocenters. The highest BCUT2D eigenvalue weighted by Gasteiger charge is 2.27. The first-order valence-corrected chi connectivity index (χ1v) is 8.68. The normalized spacial score (nSPS) is 21.4. The summed E-state index contributed by atoms with van der Waals surface area (Å²) < 4.78 is 6.67. The average Bonchev–Trinajstić information content (AvgIpc) is 2.95. The highest BCUT2D eigenvalue weighted by atomic mass is 79.9. The number of carbonyl (C=O) groups excluding carboxylic acids is 1. The van der Waals surface area contributed by atoms with E-state index in [2.05, 4.69) is 29.8 Å². The molecule has 122 valence electrons. The maximum Gasteiger partial charge on any atom is 0.289 e. The van der Waals surface area contributed by atoms with E-state index in [0.29, 0.717) is 29.0 Å². The first-order chi connectivity index (χ1) is 10.9. The summed E-state index contributed by atoms with van der Waals surface area (Å²) in [6.45, 7) is 5.97. The maximum absolute atomic E-state index is 12.7. The summed E-state index contributed by atoms with van der Waals surface area (Å²) in [5, 5.41) is 0. The smallest absolute Gasteiger partial charge is 0.289 e. The number of halogens is 1. The molecule has 1 aliphatic rings. The number of hydrogen-bond donors (Lipinski definition) is 1. The van der Waals surface area contributed by atoms with Gasteiger partial charge in [-0.1, -0.05) is 13.8 Å². The van der Waals surface area contributed by atoms with Gasteiger partial charge in [0.1, 0.15) is 5.76 Å². The first-order valence-electron chi connectivity index (χ1n) is 7.88. The fourth-order valence-corrected chi connectivity index (χ4v) is 3.91. The number of benzene rings is 1. The zero-order valence-corrected chi connectivity index (χ0v) is 15.0. The Kier molecular flexibility index (Phi) is 4.48. The quantitative estimate of drug-likeness (QED) is 0.789. The summed E-state index contributed by atoms with van der Waals surface area (Å²) in [7, 11) is 0. The molecule has 1 saturated heterocycles. The Hall–Kier alpha value is -1.75. The van der Waals surface area contributed by atoms with E-state index in [1.54, 1.807) is 6.07 Å². The monoisotopic (exact) mass is 376 g/mol. The Morgan fingerprint density at radius 1 is 1.22 bits per heavy atom. The van der Waals surface area contributed by atoms with Crippen molar-refractivity contribution in [3.05, 3.63) is 40.6 Å². The molecular weight excluding hydrogens is 356 g/mol. The average molecular weight is 377 g/mol. The Bertz CT molecular complexity index is 716. The number of nitrogen functional groups attached to an aromatic ring is 1. The van der Waals surface area contributed by atoms with Crippen LogP contribution in [0.5, 0.6) is 0 Å². The summed E-state index contributed by atoms with van der Waals surface area (Å²) in [5.41, 5.74) is 7.33. The Labute approximate surface area is 144 Å². The summed E-state index contributed by atoms with van der Waals surface area (Å²) >= 11 is 3.49. The number of amides is 1. The zero-order chi connectivity index (χ0) is 16.6. The van der Waals surface area contributed by atoms with Crippen molar-refractivity contribution in [1.29, 1.82) is 0 Å². The molecule has 2 N–H and O–H groups in total. The van der Waals surface area contributed by atoms with Gasteiger partial charge in [0.05, 0.1) is 0 Å². The molecule has 0 spiro atoms. The molecule has 4 nitrogen and oxygen atoms in total. The molecule has 2 heterocycles. The van der Waals surface area contributed by atoms with Gasteiger partial charge >= 0.3 is 0 Å². The first kappa shape index (κ1) is 16.1. The Morgan fingerprint density at radius 2 is 1.91 bits per heavy atom. The number of likely N-dealkylation sites (tertiary alicyclic amines) is 1. The number of nitrogens with two attached hydrogens (primary N) is 1. The lowest BCUT2D eigenvalue weighted by Gasteiger charge is -2.34. The fourth-order valence-electron chi connectivity index (χ4n) is 3.31. The van der Waals surface area contributed by atoms with Crippen LogP contribution in [0.15, 0.2) is 39.2 Å². The molecule has 0 radical (unpaired) electrons. The molecule has 0 bridgehead atoms. The van der Waals surface area contributed by atoms with Crippen LogP contribution in [-0.2, 0) is 0 Å². The number of rotatable bonds is 2. The van der Waals surface area contributed by atoms with Gasteiger partial charge in [0.2, 0.25) is 0 Å². The molecule has 0 aliphatic carbocycles. The van der Waals surface area contributed by atoms with E-state index in [-0.39, 0.29) is 5.91 Å². The van der Waals surface area contributed by atoms with Crippen LogP contribution in [0.4, 0.5) is 5.69 Å². The maximum atomic E-state index is 12.7. The van der Waals surface area contributed by atoms with Crippen molar-refractivity contribution in [3.8, 4) is 11.3 Å². The lowest BCUT2D eigenvalue weighted by Crippen LogP contribution is -2.42. The van der Waals surface area contributed by atoms with Gasteiger partial charge in [-0.15, -0.1) is 0 Å². The predicted molar refractivity (Wildman–Crippen MR) is 95.1 cm³/mol. The molecule has 1 amide bonds. The molecule has 1 fully saturated rings. The number of carbonyl (C=O) groups is 1. The molecular formula is C18H21BrN2O2. The molecule has 23 heavy (non-hydrogen) atoms. The van der Waals surface area contributed by atoms with Crippen molar-refractivity contribution >= 4 is 27.5 Å². The van der Waals surface area contributed by atoms with Crippen molar-refractivity contribution in [3.63, 3.8) is 0 Å². The van der Waals surface area contributed by atoms with Crippen LogP contribution < -0.4 is 5.73 Å². The molecule has 1 aliphatic heterocycles. The van der Waals surface area contributed by atoms with Crippen LogP contribution in [0.1, 0.15) is 30.8 Å². The summed E-state index contributed by atoms with van der Waals surface area (Å²) in [5.74, 6) is 2.09. The minimum Gasteiger partial charge on any atom is -0.451 e. The third kappa shape index (κ3) is 3.44. The van der Waals surface area contributed by atoms with E-state index < -0.39 is 0 Å². The number of nitrogens with zero attached hydrogens (tertiary/aromatic N) is 1. The largest absolute Gasteiger partial charge is 0.451 e. The molecule has 3 rings (SSSR count). The topological polar surface area (TPSA) is 59.5 Å². The van der Waals surface area contributed by atoms with Crippen molar-refractivity contribution < 1.29 is 9.21 Å². The van der Waals surface area contributed by atoms with Gasteiger partial charge < -0.3 is 15.1 Å². The third-order valence-electron chi connectivity index (χ3n) is 4.23. The van der Waals surface area contributed by atoms with E-state index in [4.69, 9.17) is 10.2 Å². The molecule has 0 saturated carbocycles. The van der Waals surface area contributed by atoms with Gasteiger partial charge in [0.25, 0.3) is 5.91 Å². The van der Waals surface area contributed by atoms with Crippen LogP contribution in [0, 0.1) is 11.8 Å². The van der Waals surface area contributed by atoms with Crippen molar-refractivity contribution in [2.45, 2.75) is 20.3 Å². The highest BCUT2D eigenvalue weighted by Crippen LogP contribution is 2.32. The second-order valence-corrected chi connectivity index (χ2v) is 7.41. The molecule has 5 heteroatoms. The van der Waals surface area contributed by atoms with Crippen LogP contribution in [0.25, 0.3) is 11.3 Å². The fraction of sp³-hybridized carbons (Fsp3) is 0.389. The van der Waals surface area contributed by atoms with E-state index in [0.717, 1.165) is 23.1 Å². The minimum absolute atomic E-state index is 0.0267. The molecule has 2 aromatic rings. The van der Waals surface area contributed by atoms with Crippen molar-refractivity contribution in [2.24, 2.45) is 11.8 Å². The predicted octanol–water partition coefficient (Wildman–Crippen LogP) is 4.41. The van der Waals surface area contributed by atoms with Gasteiger partial charge in [-0.25, -0.2) is 0 Å². The van der Waals surface area contributed by atoms with Gasteiger partial charge in [0.15, 0.2) is 5.76 Å². The number of furan rings is 1. The summed E-state index contributed by atoms with van der Waals surface area (Å²) in [6, 6.07) is 9.12. The van der Waals surface area contributed by atoms with Gasteiger partial charge in [0, 0.05) is 28.8 Å². The molecule has 1 aromatic heterocycles. The summed E-state index contributed by atoms with van der Waals surface area (Å²) in [4.78, 5) is 14.6. The highest BCUT2D eigenvalue weighted by molar-refractivity contribution is 9.10. The van der Waals surface area contributed by atoms with Gasteiger partial charge in [-0.2, -0.15) is 0 Å². The van der Waals surface area contributed by atoms with E-state index in [1.807, 2.05) is 29.2 Å². The number of piperidine rings is 1. The van der Waals surface area contributed by atoms with Crippen molar-refractivity contribution in [1.82, 2.24) is 4.90 Å². The van der Waals surface area contributed by atoms with E-state index in [9.17, 15) is 4.79 Å². The van der Waals surface area contributed by atoms with Gasteiger partial charge in [-0.3, -0.25) is 4.79 Å². The summed E-state index contributed by atoms with van der Waals surface area (Å²) in [6.07, 6.45) is 1.17. The Morgan fingerprint density at radius 3 is 2.57 bits per heavy atom. The molecule has 2 atom stereocenters. The lowest BCUT2D eigenvalue weighted by molar-refractivity contribution is 0.0592. The van der Waals surface area contributed by atoms with Gasteiger partial charge in [-0.05, 0) is 64.5 Å². The van der Waals surface area contributed by atoms with E-state index in [1.165, 1.54) is 6.42 Å². The van der Waals surface area contributed by atoms with Crippen molar-refractivity contribution in [2.75, 3.05) is 18.8 Å². The standard InChI is InChI=1S/C18H21BrN2O2/c1-11-7-12(2)10-21(9-11)18(22)17-6-5-16(23-17)14-4-3-13(20)8-15(14)19/h3-6,8,11-12H,7,9-10,20H2,1-2H3/t11-,12-/m1/s1.